The van der Waals surface area contributed by atoms with Gasteiger partial charge in [-0.1, -0.05) is 0 Å². The summed E-state index contributed by atoms with van der Waals surface area (Å²) < 4.78 is 0. The van der Waals surface area contributed by atoms with E-state index in [1.807, 2.05) is 0 Å². The molecule has 2 rings (SSSR count). The SMILES string of the molecule is Cl.NC1CCC2CCC12. The molecule has 0 heterocycles. The summed E-state index contributed by atoms with van der Waals surface area (Å²) in [5.41, 5.74) is 5.82. The lowest BCUT2D eigenvalue weighted by Gasteiger charge is -2.32. The summed E-state index contributed by atoms with van der Waals surface area (Å²) in [4.78, 5) is 0. The molecule has 0 aromatic carbocycles. The Morgan fingerprint density at radius 3 is 1.89 bits per heavy atom. The van der Waals surface area contributed by atoms with Crippen LogP contribution in [0.1, 0.15) is 25.7 Å². The van der Waals surface area contributed by atoms with E-state index in [4.69, 9.17) is 5.73 Å². The van der Waals surface area contributed by atoms with Gasteiger partial charge in [-0.2, -0.15) is 0 Å². The summed E-state index contributed by atoms with van der Waals surface area (Å²) >= 11 is 0. The summed E-state index contributed by atoms with van der Waals surface area (Å²) in [6, 6.07) is 0.578. The molecular formula is C7H14ClN. The van der Waals surface area contributed by atoms with Crippen LogP contribution in [-0.4, -0.2) is 6.04 Å². The molecule has 0 aliphatic heterocycles. The van der Waals surface area contributed by atoms with Crippen LogP contribution in [0.3, 0.4) is 0 Å². The van der Waals surface area contributed by atoms with Gasteiger partial charge in [0, 0.05) is 6.04 Å². The molecule has 0 radical (unpaired) electrons. The second kappa shape index (κ2) is 2.47. The Labute approximate surface area is 62.4 Å². The highest BCUT2D eigenvalue weighted by Crippen LogP contribution is 2.45. The van der Waals surface area contributed by atoms with Gasteiger partial charge in [0.2, 0.25) is 0 Å². The maximum atomic E-state index is 5.82. The second-order valence-electron chi connectivity index (χ2n) is 3.24. The molecule has 0 amide bonds. The first kappa shape index (κ1) is 7.36. The van der Waals surface area contributed by atoms with Crippen molar-refractivity contribution in [2.24, 2.45) is 17.6 Å². The van der Waals surface area contributed by atoms with Crippen LogP contribution in [0.4, 0.5) is 0 Å². The molecule has 0 saturated heterocycles. The number of hydrogen-bond acceptors (Lipinski definition) is 1. The van der Waals surface area contributed by atoms with Gasteiger partial charge in [-0.25, -0.2) is 0 Å². The predicted octanol–water partition coefficient (Wildman–Crippen LogP) is 1.56. The van der Waals surface area contributed by atoms with Crippen molar-refractivity contribution in [2.45, 2.75) is 31.7 Å². The number of hydrogen-bond donors (Lipinski definition) is 1. The van der Waals surface area contributed by atoms with Crippen LogP contribution in [0.15, 0.2) is 0 Å². The van der Waals surface area contributed by atoms with Crippen molar-refractivity contribution in [1.82, 2.24) is 0 Å². The molecule has 54 valence electrons. The number of halogens is 1. The van der Waals surface area contributed by atoms with Crippen LogP contribution in [-0.2, 0) is 0 Å². The van der Waals surface area contributed by atoms with Gasteiger partial charge in [0.15, 0.2) is 0 Å². The first-order chi connectivity index (χ1) is 3.88. The molecule has 2 aliphatic rings. The fraction of sp³-hybridized carbons (Fsp3) is 1.00. The molecule has 2 saturated carbocycles. The molecular weight excluding hydrogens is 134 g/mol. The van der Waals surface area contributed by atoms with Crippen molar-refractivity contribution < 1.29 is 0 Å². The number of fused-ring (bicyclic) bond motifs is 1. The summed E-state index contributed by atoms with van der Waals surface area (Å²) in [6.07, 6.45) is 5.62. The zero-order valence-corrected chi connectivity index (χ0v) is 6.36. The first-order valence-corrected chi connectivity index (χ1v) is 3.63. The van der Waals surface area contributed by atoms with Crippen LogP contribution in [0.25, 0.3) is 0 Å². The zero-order valence-electron chi connectivity index (χ0n) is 5.55. The molecule has 0 bridgehead atoms. The molecule has 0 aromatic rings. The van der Waals surface area contributed by atoms with E-state index < -0.39 is 0 Å². The van der Waals surface area contributed by atoms with Crippen molar-refractivity contribution in [3.8, 4) is 0 Å². The molecule has 0 spiro atoms. The van der Waals surface area contributed by atoms with E-state index in [0.717, 1.165) is 11.8 Å². The Balaban J connectivity index is 0.000000405. The summed E-state index contributed by atoms with van der Waals surface area (Å²) in [6.45, 7) is 0. The third-order valence-electron chi connectivity index (χ3n) is 2.90. The van der Waals surface area contributed by atoms with Crippen LogP contribution < -0.4 is 5.73 Å². The number of nitrogens with two attached hydrogens (primary N) is 1. The highest BCUT2D eigenvalue weighted by Gasteiger charge is 2.39. The van der Waals surface area contributed by atoms with Gasteiger partial charge in [0.05, 0.1) is 0 Å². The van der Waals surface area contributed by atoms with E-state index in [1.54, 1.807) is 0 Å². The maximum absolute atomic E-state index is 5.82. The summed E-state index contributed by atoms with van der Waals surface area (Å²) in [5, 5.41) is 0. The minimum Gasteiger partial charge on any atom is -0.327 e. The lowest BCUT2D eigenvalue weighted by molar-refractivity contribution is 0.202. The molecule has 9 heavy (non-hydrogen) atoms. The summed E-state index contributed by atoms with van der Waals surface area (Å²) in [7, 11) is 0. The molecule has 2 heteroatoms. The minimum atomic E-state index is 0. The van der Waals surface area contributed by atoms with Crippen LogP contribution in [0.5, 0.6) is 0 Å². The van der Waals surface area contributed by atoms with Gasteiger partial charge in [-0.05, 0) is 37.5 Å². The van der Waals surface area contributed by atoms with Crippen LogP contribution in [0.2, 0.25) is 0 Å². The van der Waals surface area contributed by atoms with Gasteiger partial charge in [0.1, 0.15) is 0 Å². The third kappa shape index (κ3) is 0.968. The van der Waals surface area contributed by atoms with Crippen LogP contribution in [0, 0.1) is 11.8 Å². The molecule has 0 aromatic heterocycles. The topological polar surface area (TPSA) is 26.0 Å². The molecule has 2 fully saturated rings. The van der Waals surface area contributed by atoms with E-state index in [1.165, 1.54) is 25.7 Å². The van der Waals surface area contributed by atoms with E-state index in [2.05, 4.69) is 0 Å². The Morgan fingerprint density at radius 2 is 1.67 bits per heavy atom. The summed E-state index contributed by atoms with van der Waals surface area (Å²) in [5.74, 6) is 1.99. The normalized spacial score (nSPS) is 47.0. The van der Waals surface area contributed by atoms with Crippen molar-refractivity contribution in [2.75, 3.05) is 0 Å². The lowest BCUT2D eigenvalue weighted by Crippen LogP contribution is -2.33. The second-order valence-corrected chi connectivity index (χ2v) is 3.24. The predicted molar refractivity (Wildman–Crippen MR) is 40.7 cm³/mol. The van der Waals surface area contributed by atoms with E-state index in [9.17, 15) is 0 Å². The Kier molecular flexibility index (Phi) is 2.02. The Hall–Kier alpha value is 0.250. The third-order valence-corrected chi connectivity index (χ3v) is 2.90. The molecule has 3 unspecified atom stereocenters. The minimum absolute atomic E-state index is 0. The average Bonchev–Trinajstić information content (AvgIpc) is 1.80. The van der Waals surface area contributed by atoms with Crippen molar-refractivity contribution in [1.29, 1.82) is 0 Å². The van der Waals surface area contributed by atoms with Crippen molar-refractivity contribution >= 4 is 12.4 Å². The largest absolute Gasteiger partial charge is 0.327 e. The quantitative estimate of drug-likeness (QED) is 0.553. The maximum Gasteiger partial charge on any atom is 0.00699 e. The zero-order chi connectivity index (χ0) is 5.56. The monoisotopic (exact) mass is 147 g/mol. The van der Waals surface area contributed by atoms with Gasteiger partial charge in [0.25, 0.3) is 0 Å². The van der Waals surface area contributed by atoms with Gasteiger partial charge < -0.3 is 5.73 Å². The van der Waals surface area contributed by atoms with Gasteiger partial charge in [-0.3, -0.25) is 0 Å². The smallest absolute Gasteiger partial charge is 0.00699 e. The molecule has 1 nitrogen and oxygen atoms in total. The highest BCUT2D eigenvalue weighted by atomic mass is 35.5. The van der Waals surface area contributed by atoms with Crippen molar-refractivity contribution in [3.63, 3.8) is 0 Å². The fourth-order valence-electron chi connectivity index (χ4n) is 2.14. The molecule has 2 N–H and O–H groups in total. The Morgan fingerprint density at radius 1 is 1.00 bits per heavy atom. The van der Waals surface area contributed by atoms with E-state index in [0.29, 0.717) is 6.04 Å². The van der Waals surface area contributed by atoms with Crippen LogP contribution >= 0.6 is 12.4 Å². The van der Waals surface area contributed by atoms with E-state index >= 15 is 0 Å². The lowest BCUT2D eigenvalue weighted by atomic mass is 9.75. The van der Waals surface area contributed by atoms with Gasteiger partial charge in [-0.15, -0.1) is 12.4 Å². The van der Waals surface area contributed by atoms with E-state index in [-0.39, 0.29) is 12.4 Å². The first-order valence-electron chi connectivity index (χ1n) is 3.63. The molecule has 2 aliphatic carbocycles. The highest BCUT2D eigenvalue weighted by molar-refractivity contribution is 5.85. The van der Waals surface area contributed by atoms with Gasteiger partial charge >= 0.3 is 0 Å². The van der Waals surface area contributed by atoms with Crippen molar-refractivity contribution in [3.05, 3.63) is 0 Å². The average molecular weight is 148 g/mol. The Bertz CT molecular complexity index is 99.1. The standard InChI is InChI=1S/C7H13N.ClH/c8-7-4-2-5-1-3-6(5)7;/h5-7H,1-4,8H2;1H. The molecule has 3 atom stereocenters. The fourth-order valence-corrected chi connectivity index (χ4v) is 2.14. The number of rotatable bonds is 0.